The molecule has 160 valence electrons. The lowest BCUT2D eigenvalue weighted by atomic mass is 10.1. The molecule has 0 radical (unpaired) electrons. The summed E-state index contributed by atoms with van der Waals surface area (Å²) in [5, 5.41) is 6.80. The van der Waals surface area contributed by atoms with Gasteiger partial charge in [-0.2, -0.15) is 9.78 Å². The van der Waals surface area contributed by atoms with Gasteiger partial charge in [-0.25, -0.2) is 9.36 Å². The molecular formula is C24H21N5O3. The Balaban J connectivity index is 1.81. The van der Waals surface area contributed by atoms with Gasteiger partial charge in [0.1, 0.15) is 0 Å². The van der Waals surface area contributed by atoms with Crippen molar-refractivity contribution in [1.29, 1.82) is 0 Å². The Morgan fingerprint density at radius 3 is 2.25 bits per heavy atom. The van der Waals surface area contributed by atoms with Crippen molar-refractivity contribution in [2.75, 3.05) is 0 Å². The van der Waals surface area contributed by atoms with Crippen LogP contribution in [0.4, 0.5) is 0 Å². The minimum absolute atomic E-state index is 0.124. The van der Waals surface area contributed by atoms with Crippen molar-refractivity contribution in [3.8, 4) is 5.69 Å². The highest BCUT2D eigenvalue weighted by atomic mass is 16.2. The molecule has 1 unspecified atom stereocenters. The summed E-state index contributed by atoms with van der Waals surface area (Å²) >= 11 is 0. The van der Waals surface area contributed by atoms with Crippen molar-refractivity contribution in [2.24, 2.45) is 0 Å². The van der Waals surface area contributed by atoms with Crippen molar-refractivity contribution < 1.29 is 4.79 Å². The molecule has 0 aliphatic rings. The number of nitrogens with one attached hydrogen (secondary N) is 1. The zero-order valence-electron chi connectivity index (χ0n) is 17.4. The number of para-hydroxylation sites is 1. The van der Waals surface area contributed by atoms with E-state index in [9.17, 15) is 14.4 Å². The largest absolute Gasteiger partial charge is 0.352 e. The van der Waals surface area contributed by atoms with Gasteiger partial charge in [0, 0.05) is 6.20 Å². The Hall–Kier alpha value is -4.33. The lowest BCUT2D eigenvalue weighted by Crippen LogP contribution is -2.47. The number of pyridine rings is 1. The molecular weight excluding hydrogens is 406 g/mol. The average Bonchev–Trinajstić information content (AvgIpc) is 2.84. The second kappa shape index (κ2) is 9.22. The first kappa shape index (κ1) is 20.9. The molecule has 0 saturated heterocycles. The van der Waals surface area contributed by atoms with Crippen molar-refractivity contribution >= 4 is 5.91 Å². The normalized spacial score (nSPS) is 11.7. The van der Waals surface area contributed by atoms with E-state index in [1.807, 2.05) is 30.3 Å². The maximum atomic E-state index is 13.3. The van der Waals surface area contributed by atoms with Crippen molar-refractivity contribution in [2.45, 2.75) is 19.5 Å². The first-order valence-electron chi connectivity index (χ1n) is 10.1. The van der Waals surface area contributed by atoms with Crippen LogP contribution in [0.15, 0.2) is 94.6 Å². The highest BCUT2D eigenvalue weighted by Crippen LogP contribution is 2.14. The van der Waals surface area contributed by atoms with Gasteiger partial charge >= 0.3 is 5.69 Å². The Morgan fingerprint density at radius 2 is 1.59 bits per heavy atom. The van der Waals surface area contributed by atoms with Gasteiger partial charge in [-0.3, -0.25) is 14.6 Å². The van der Waals surface area contributed by atoms with Crippen LogP contribution in [0.3, 0.4) is 0 Å². The molecule has 0 saturated carbocycles. The van der Waals surface area contributed by atoms with E-state index >= 15 is 0 Å². The lowest BCUT2D eigenvalue weighted by molar-refractivity contribution is 0.0940. The van der Waals surface area contributed by atoms with Crippen LogP contribution in [0.5, 0.6) is 0 Å². The second-order valence-corrected chi connectivity index (χ2v) is 7.14. The average molecular weight is 427 g/mol. The maximum absolute atomic E-state index is 13.3. The van der Waals surface area contributed by atoms with Crippen LogP contribution < -0.4 is 16.6 Å². The summed E-state index contributed by atoms with van der Waals surface area (Å²) in [6, 6.07) is 22.6. The van der Waals surface area contributed by atoms with E-state index < -0.39 is 23.2 Å². The molecule has 1 N–H and O–H groups in total. The third kappa shape index (κ3) is 4.24. The number of rotatable bonds is 6. The lowest BCUT2D eigenvalue weighted by Gasteiger charge is -2.17. The molecule has 0 aliphatic heterocycles. The van der Waals surface area contributed by atoms with Gasteiger partial charge in [-0.05, 0) is 36.8 Å². The van der Waals surface area contributed by atoms with Crippen LogP contribution in [0, 0.1) is 0 Å². The predicted octanol–water partition coefficient (Wildman–Crippen LogP) is 2.33. The Labute approximate surface area is 183 Å². The zero-order valence-corrected chi connectivity index (χ0v) is 17.4. The third-order valence-corrected chi connectivity index (χ3v) is 5.05. The minimum Gasteiger partial charge on any atom is -0.345 e. The van der Waals surface area contributed by atoms with Gasteiger partial charge in [-0.15, -0.1) is 0 Å². The fraction of sp³-hybridized carbons (Fsp3) is 0.125. The Morgan fingerprint density at radius 1 is 0.938 bits per heavy atom. The molecule has 2 aromatic carbocycles. The Bertz CT molecular complexity index is 1330. The van der Waals surface area contributed by atoms with Gasteiger partial charge in [-0.1, -0.05) is 54.6 Å². The highest BCUT2D eigenvalue weighted by molar-refractivity contribution is 5.91. The molecule has 4 rings (SSSR count). The highest BCUT2D eigenvalue weighted by Gasteiger charge is 2.23. The van der Waals surface area contributed by atoms with E-state index in [1.165, 1.54) is 0 Å². The van der Waals surface area contributed by atoms with Crippen LogP contribution in [0.1, 0.15) is 34.7 Å². The first-order valence-corrected chi connectivity index (χ1v) is 10.1. The summed E-state index contributed by atoms with van der Waals surface area (Å²) in [7, 11) is 0. The quantitative estimate of drug-likeness (QED) is 0.509. The van der Waals surface area contributed by atoms with Crippen LogP contribution in [0.25, 0.3) is 5.69 Å². The number of aromatic nitrogens is 4. The number of benzene rings is 2. The number of hydrogen-bond acceptors (Lipinski definition) is 5. The second-order valence-electron chi connectivity index (χ2n) is 7.14. The molecule has 0 spiro atoms. The molecule has 0 fully saturated rings. The molecule has 32 heavy (non-hydrogen) atoms. The summed E-state index contributed by atoms with van der Waals surface area (Å²) < 4.78 is 2.14. The minimum atomic E-state index is -0.753. The molecule has 4 aromatic rings. The van der Waals surface area contributed by atoms with Crippen molar-refractivity contribution in [3.05, 3.63) is 123 Å². The molecule has 0 bridgehead atoms. The topological polar surface area (TPSA) is 98.9 Å². The molecule has 2 aromatic heterocycles. The third-order valence-electron chi connectivity index (χ3n) is 5.05. The van der Waals surface area contributed by atoms with Crippen LogP contribution >= 0.6 is 0 Å². The summed E-state index contributed by atoms with van der Waals surface area (Å²) in [4.78, 5) is 43.6. The number of nitrogens with zero attached hydrogens (tertiary/aromatic N) is 4. The van der Waals surface area contributed by atoms with E-state index in [0.717, 1.165) is 14.8 Å². The van der Waals surface area contributed by atoms with Gasteiger partial charge in [0.05, 0.1) is 24.0 Å². The molecule has 8 heteroatoms. The van der Waals surface area contributed by atoms with E-state index in [-0.39, 0.29) is 12.2 Å². The molecule has 0 aliphatic carbocycles. The van der Waals surface area contributed by atoms with Gasteiger partial charge in [0.15, 0.2) is 0 Å². The first-order chi connectivity index (χ1) is 15.6. The number of carbonyl (C=O) groups excluding carboxylic acids is 1. The van der Waals surface area contributed by atoms with Gasteiger partial charge in [0.2, 0.25) is 5.69 Å². The van der Waals surface area contributed by atoms with E-state index in [2.05, 4.69) is 15.4 Å². The SMILES string of the molecule is CC(c1ccccc1)n1c(=O)c(C(=O)NCc2ccccn2)nn(-c2ccccc2)c1=O. The smallest absolute Gasteiger partial charge is 0.345 e. The molecule has 8 nitrogen and oxygen atoms in total. The van der Waals surface area contributed by atoms with Gasteiger partial charge in [0.25, 0.3) is 11.5 Å². The molecule has 1 amide bonds. The van der Waals surface area contributed by atoms with Crippen LogP contribution in [0.2, 0.25) is 0 Å². The van der Waals surface area contributed by atoms with Crippen LogP contribution in [-0.4, -0.2) is 25.2 Å². The number of amides is 1. The fourth-order valence-electron chi connectivity index (χ4n) is 3.35. The fourth-order valence-corrected chi connectivity index (χ4v) is 3.35. The summed E-state index contributed by atoms with van der Waals surface area (Å²) in [6.45, 7) is 1.86. The standard InChI is InChI=1S/C24H21N5O3/c1-17(18-10-4-2-5-11-18)28-23(31)21(22(30)26-16-19-12-8-9-15-25-19)27-29(24(28)32)20-13-6-3-7-14-20/h2-15,17H,16H2,1H3,(H,26,30). The molecule has 2 heterocycles. The van der Waals surface area contributed by atoms with Crippen molar-refractivity contribution in [3.63, 3.8) is 0 Å². The van der Waals surface area contributed by atoms with E-state index in [4.69, 9.17) is 0 Å². The van der Waals surface area contributed by atoms with Crippen LogP contribution in [-0.2, 0) is 6.54 Å². The predicted molar refractivity (Wildman–Crippen MR) is 120 cm³/mol. The summed E-state index contributed by atoms with van der Waals surface area (Å²) in [5.41, 5.74) is 0.0981. The number of hydrogen-bond donors (Lipinski definition) is 1. The summed E-state index contributed by atoms with van der Waals surface area (Å²) in [6.07, 6.45) is 1.61. The van der Waals surface area contributed by atoms with Crippen molar-refractivity contribution in [1.82, 2.24) is 24.6 Å². The monoisotopic (exact) mass is 427 g/mol. The zero-order chi connectivity index (χ0) is 22.5. The van der Waals surface area contributed by atoms with Gasteiger partial charge < -0.3 is 5.32 Å². The summed E-state index contributed by atoms with van der Waals surface area (Å²) in [5.74, 6) is -0.681. The van der Waals surface area contributed by atoms with E-state index in [1.54, 1.807) is 61.7 Å². The maximum Gasteiger partial charge on any atom is 0.352 e. The van der Waals surface area contributed by atoms with E-state index in [0.29, 0.717) is 11.4 Å². The Kier molecular flexibility index (Phi) is 6.03. The number of carbonyl (C=O) groups is 1. The molecule has 1 atom stereocenters.